The van der Waals surface area contributed by atoms with Crippen LogP contribution in [-0.2, 0) is 5.60 Å². The molecule has 1 nitrogen and oxygen atoms in total. The Bertz CT molecular complexity index is 358. The van der Waals surface area contributed by atoms with Gasteiger partial charge in [0.15, 0.2) is 0 Å². The van der Waals surface area contributed by atoms with Crippen molar-refractivity contribution in [1.82, 2.24) is 0 Å². The van der Waals surface area contributed by atoms with Gasteiger partial charge in [0.1, 0.15) is 5.82 Å². The van der Waals surface area contributed by atoms with Gasteiger partial charge in [-0.2, -0.15) is 0 Å². The van der Waals surface area contributed by atoms with Crippen LogP contribution in [0.25, 0.3) is 0 Å². The summed E-state index contributed by atoms with van der Waals surface area (Å²) in [4.78, 5) is 0. The molecule has 0 amide bonds. The summed E-state index contributed by atoms with van der Waals surface area (Å²) in [6, 6.07) is 3.11. The molecule has 0 aromatic heterocycles. The first-order valence-electron chi connectivity index (χ1n) is 4.22. The molecule has 0 spiro atoms. The third kappa shape index (κ3) is 1.40. The summed E-state index contributed by atoms with van der Waals surface area (Å²) in [5, 5.41) is 9.89. The molecule has 0 radical (unpaired) electrons. The van der Waals surface area contributed by atoms with Crippen LogP contribution >= 0.6 is 15.9 Å². The van der Waals surface area contributed by atoms with Crippen molar-refractivity contribution < 1.29 is 9.50 Å². The van der Waals surface area contributed by atoms with Crippen LogP contribution in [0.3, 0.4) is 0 Å². The molecule has 0 unspecified atom stereocenters. The molecular weight excluding hydrogens is 235 g/mol. The SMILES string of the molecule is Cc1ccc(F)c(Br)c1C1(O)CC1. The zero-order chi connectivity index (χ0) is 9.64. The second-order valence-electron chi connectivity index (χ2n) is 3.58. The first-order chi connectivity index (χ1) is 6.04. The molecule has 1 aliphatic rings. The van der Waals surface area contributed by atoms with E-state index in [0.29, 0.717) is 10.0 Å². The molecule has 0 atom stereocenters. The van der Waals surface area contributed by atoms with Crippen molar-refractivity contribution in [2.24, 2.45) is 0 Å². The maximum Gasteiger partial charge on any atom is 0.137 e. The molecule has 13 heavy (non-hydrogen) atoms. The average molecular weight is 245 g/mol. The topological polar surface area (TPSA) is 20.2 Å². The minimum absolute atomic E-state index is 0.305. The summed E-state index contributed by atoms with van der Waals surface area (Å²) in [7, 11) is 0. The molecule has 1 saturated carbocycles. The molecule has 0 heterocycles. The van der Waals surface area contributed by atoms with Crippen molar-refractivity contribution in [3.05, 3.63) is 33.5 Å². The molecule has 0 bridgehead atoms. The largest absolute Gasteiger partial charge is 0.385 e. The molecule has 2 rings (SSSR count). The van der Waals surface area contributed by atoms with E-state index in [1.54, 1.807) is 6.07 Å². The number of halogens is 2. The summed E-state index contributed by atoms with van der Waals surface area (Å²) in [5.74, 6) is -0.305. The van der Waals surface area contributed by atoms with E-state index in [9.17, 15) is 9.50 Å². The van der Waals surface area contributed by atoms with Crippen LogP contribution in [0.2, 0.25) is 0 Å². The Balaban J connectivity index is 2.61. The zero-order valence-electron chi connectivity index (χ0n) is 7.27. The number of aliphatic hydroxyl groups is 1. The molecule has 1 aliphatic carbocycles. The molecule has 1 aromatic carbocycles. The lowest BCUT2D eigenvalue weighted by atomic mass is 10.0. The normalized spacial score (nSPS) is 18.8. The summed E-state index contributed by atoms with van der Waals surface area (Å²) in [6.45, 7) is 1.88. The summed E-state index contributed by atoms with van der Waals surface area (Å²) < 4.78 is 13.6. The highest BCUT2D eigenvalue weighted by Crippen LogP contribution is 2.49. The van der Waals surface area contributed by atoms with Gasteiger partial charge < -0.3 is 5.11 Å². The van der Waals surface area contributed by atoms with Crippen LogP contribution in [0.5, 0.6) is 0 Å². The number of hydrogen-bond acceptors (Lipinski definition) is 1. The first kappa shape index (κ1) is 9.16. The molecule has 1 aromatic rings. The Labute approximate surface area is 84.7 Å². The second kappa shape index (κ2) is 2.79. The lowest BCUT2D eigenvalue weighted by Gasteiger charge is -2.14. The maximum atomic E-state index is 13.2. The van der Waals surface area contributed by atoms with Crippen LogP contribution < -0.4 is 0 Å². The van der Waals surface area contributed by atoms with Crippen molar-refractivity contribution >= 4 is 15.9 Å². The Morgan fingerprint density at radius 2 is 2.08 bits per heavy atom. The highest BCUT2D eigenvalue weighted by Gasteiger charge is 2.44. The third-order valence-corrected chi connectivity index (χ3v) is 3.27. The summed E-state index contributed by atoms with van der Waals surface area (Å²) >= 11 is 3.17. The second-order valence-corrected chi connectivity index (χ2v) is 4.38. The first-order valence-corrected chi connectivity index (χ1v) is 5.01. The van der Waals surface area contributed by atoms with E-state index in [1.165, 1.54) is 6.07 Å². The highest BCUT2D eigenvalue weighted by atomic mass is 79.9. The van der Waals surface area contributed by atoms with Gasteiger partial charge in [-0.05, 0) is 47.3 Å². The molecule has 1 fully saturated rings. The molecule has 1 N–H and O–H groups in total. The lowest BCUT2D eigenvalue weighted by molar-refractivity contribution is 0.149. The minimum atomic E-state index is -0.773. The van der Waals surface area contributed by atoms with Crippen LogP contribution in [0.4, 0.5) is 4.39 Å². The fraction of sp³-hybridized carbons (Fsp3) is 0.400. The number of aryl methyl sites for hydroxylation is 1. The predicted molar refractivity (Wildman–Crippen MR) is 52.0 cm³/mol. The number of benzene rings is 1. The molecule has 0 saturated heterocycles. The Kier molecular flexibility index (Phi) is 1.96. The Morgan fingerprint density at radius 1 is 1.46 bits per heavy atom. The van der Waals surface area contributed by atoms with E-state index in [0.717, 1.165) is 18.4 Å². The molecule has 3 heteroatoms. The van der Waals surface area contributed by atoms with Crippen molar-refractivity contribution in [2.45, 2.75) is 25.4 Å². The molecular formula is C10H10BrFO. The van der Waals surface area contributed by atoms with Crippen LogP contribution in [0, 0.1) is 12.7 Å². The third-order valence-electron chi connectivity index (χ3n) is 2.49. The standard InChI is InChI=1S/C10H10BrFO/c1-6-2-3-7(12)9(11)8(6)10(13)4-5-10/h2-3,13H,4-5H2,1H3. The van der Waals surface area contributed by atoms with Crippen molar-refractivity contribution in [1.29, 1.82) is 0 Å². The van der Waals surface area contributed by atoms with E-state index in [2.05, 4.69) is 15.9 Å². The molecule has 70 valence electrons. The van der Waals surface area contributed by atoms with Gasteiger partial charge in [0, 0.05) is 5.56 Å². The number of hydrogen-bond donors (Lipinski definition) is 1. The van der Waals surface area contributed by atoms with Gasteiger partial charge in [-0.3, -0.25) is 0 Å². The van der Waals surface area contributed by atoms with E-state index >= 15 is 0 Å². The fourth-order valence-electron chi connectivity index (χ4n) is 1.59. The Morgan fingerprint density at radius 3 is 2.62 bits per heavy atom. The van der Waals surface area contributed by atoms with Gasteiger partial charge in [0.05, 0.1) is 10.1 Å². The van der Waals surface area contributed by atoms with E-state index in [1.807, 2.05) is 6.92 Å². The quantitative estimate of drug-likeness (QED) is 0.806. The maximum absolute atomic E-state index is 13.2. The monoisotopic (exact) mass is 244 g/mol. The Hall–Kier alpha value is -0.410. The van der Waals surface area contributed by atoms with E-state index in [-0.39, 0.29) is 5.82 Å². The van der Waals surface area contributed by atoms with Gasteiger partial charge in [-0.1, -0.05) is 6.07 Å². The van der Waals surface area contributed by atoms with Crippen molar-refractivity contribution in [2.75, 3.05) is 0 Å². The van der Waals surface area contributed by atoms with Gasteiger partial charge in [-0.25, -0.2) is 4.39 Å². The predicted octanol–water partition coefficient (Wildman–Crippen LogP) is 2.88. The number of rotatable bonds is 1. The van der Waals surface area contributed by atoms with Gasteiger partial charge in [-0.15, -0.1) is 0 Å². The molecule has 0 aliphatic heterocycles. The lowest BCUT2D eigenvalue weighted by Crippen LogP contribution is -2.08. The van der Waals surface area contributed by atoms with Gasteiger partial charge >= 0.3 is 0 Å². The van der Waals surface area contributed by atoms with Crippen molar-refractivity contribution in [3.8, 4) is 0 Å². The smallest absolute Gasteiger partial charge is 0.137 e. The van der Waals surface area contributed by atoms with E-state index in [4.69, 9.17) is 0 Å². The fourth-order valence-corrected chi connectivity index (χ4v) is 2.40. The van der Waals surface area contributed by atoms with E-state index < -0.39 is 5.60 Å². The summed E-state index contributed by atoms with van der Waals surface area (Å²) in [5.41, 5.74) is 0.881. The zero-order valence-corrected chi connectivity index (χ0v) is 8.86. The highest BCUT2D eigenvalue weighted by molar-refractivity contribution is 9.10. The minimum Gasteiger partial charge on any atom is -0.385 e. The average Bonchev–Trinajstić information content (AvgIpc) is 2.78. The van der Waals surface area contributed by atoms with Crippen molar-refractivity contribution in [3.63, 3.8) is 0 Å². The summed E-state index contributed by atoms with van der Waals surface area (Å²) in [6.07, 6.45) is 1.46. The van der Waals surface area contributed by atoms with Crippen LogP contribution in [-0.4, -0.2) is 5.11 Å². The van der Waals surface area contributed by atoms with Crippen LogP contribution in [0.15, 0.2) is 16.6 Å². The van der Waals surface area contributed by atoms with Gasteiger partial charge in [0.25, 0.3) is 0 Å². The van der Waals surface area contributed by atoms with Crippen LogP contribution in [0.1, 0.15) is 24.0 Å². The van der Waals surface area contributed by atoms with Gasteiger partial charge in [0.2, 0.25) is 0 Å².